The molecule has 1 aliphatic heterocycles. The molecule has 1 fully saturated rings. The van der Waals surface area contributed by atoms with Crippen LogP contribution >= 0.6 is 11.3 Å². The number of carboxylic acid groups (broad SMARTS) is 1. The van der Waals surface area contributed by atoms with E-state index < -0.39 is 21.9 Å². The molecular weight excluding hydrogens is 376 g/mol. The Morgan fingerprint density at radius 1 is 1.00 bits per heavy atom. The van der Waals surface area contributed by atoms with Gasteiger partial charge in [0.25, 0.3) is 15.9 Å². The van der Waals surface area contributed by atoms with Gasteiger partial charge in [0.2, 0.25) is 0 Å². The Bertz CT molecular complexity index is 944. The van der Waals surface area contributed by atoms with E-state index in [9.17, 15) is 23.1 Å². The Labute approximate surface area is 155 Å². The second-order valence-electron chi connectivity index (χ2n) is 5.91. The summed E-state index contributed by atoms with van der Waals surface area (Å²) in [5, 5.41) is 9.23. The van der Waals surface area contributed by atoms with Gasteiger partial charge in [-0.3, -0.25) is 4.79 Å². The molecule has 1 aliphatic rings. The lowest BCUT2D eigenvalue weighted by Gasteiger charge is -2.34. The van der Waals surface area contributed by atoms with Crippen LogP contribution in [0.15, 0.2) is 40.6 Å². The number of carbonyl (C=O) groups is 2. The fraction of sp³-hybridized carbons (Fsp3) is 0.294. The minimum absolute atomic E-state index is 0.0541. The van der Waals surface area contributed by atoms with E-state index in [1.54, 1.807) is 24.3 Å². The normalized spacial score (nSPS) is 15.8. The van der Waals surface area contributed by atoms with E-state index in [0.29, 0.717) is 4.21 Å². The van der Waals surface area contributed by atoms with Crippen molar-refractivity contribution in [3.05, 3.63) is 52.4 Å². The van der Waals surface area contributed by atoms with Gasteiger partial charge in [-0.15, -0.1) is 11.3 Å². The second-order valence-corrected chi connectivity index (χ2v) is 9.36. The summed E-state index contributed by atoms with van der Waals surface area (Å²) in [7, 11) is -3.56. The average Bonchev–Trinajstić information content (AvgIpc) is 3.08. The van der Waals surface area contributed by atoms with Crippen molar-refractivity contribution < 1.29 is 23.1 Å². The molecule has 0 atom stereocenters. The molecule has 0 unspecified atom stereocenters. The number of benzene rings is 1. The summed E-state index contributed by atoms with van der Waals surface area (Å²) in [4.78, 5) is 26.4. The monoisotopic (exact) mass is 394 g/mol. The number of carboxylic acids is 1. The summed E-state index contributed by atoms with van der Waals surface area (Å²) >= 11 is 1.22. The van der Waals surface area contributed by atoms with E-state index >= 15 is 0 Å². The van der Waals surface area contributed by atoms with E-state index in [1.807, 2.05) is 6.92 Å². The number of hydrogen-bond donors (Lipinski definition) is 1. The lowest BCUT2D eigenvalue weighted by atomic mass is 10.1. The number of piperazine rings is 1. The second kappa shape index (κ2) is 7.18. The van der Waals surface area contributed by atoms with Gasteiger partial charge < -0.3 is 10.0 Å². The van der Waals surface area contributed by atoms with Crippen LogP contribution in [0.2, 0.25) is 0 Å². The molecular formula is C17H18N2O5S2. The molecule has 1 aromatic heterocycles. The number of rotatable bonds is 4. The molecule has 1 amide bonds. The fourth-order valence-electron chi connectivity index (χ4n) is 2.84. The van der Waals surface area contributed by atoms with Crippen LogP contribution in [0.1, 0.15) is 25.6 Å². The topological polar surface area (TPSA) is 95.0 Å². The minimum atomic E-state index is -3.56. The Morgan fingerprint density at radius 3 is 2.15 bits per heavy atom. The zero-order valence-corrected chi connectivity index (χ0v) is 15.7. The maximum absolute atomic E-state index is 12.7. The first-order valence-corrected chi connectivity index (χ1v) is 10.2. The predicted octanol–water partition coefficient (Wildman–Crippen LogP) is 1.90. The summed E-state index contributed by atoms with van der Waals surface area (Å²) in [6, 6.07) is 9.39. The zero-order chi connectivity index (χ0) is 18.9. The quantitative estimate of drug-likeness (QED) is 0.855. The third kappa shape index (κ3) is 3.50. The van der Waals surface area contributed by atoms with E-state index in [4.69, 9.17) is 0 Å². The molecule has 0 saturated carbocycles. The van der Waals surface area contributed by atoms with Gasteiger partial charge in [0.1, 0.15) is 4.21 Å². The first-order valence-electron chi connectivity index (χ1n) is 7.99. The molecule has 2 aromatic rings. The first-order chi connectivity index (χ1) is 12.3. The first kappa shape index (κ1) is 18.6. The highest BCUT2D eigenvalue weighted by Gasteiger charge is 2.32. The Balaban J connectivity index is 1.73. The molecule has 3 rings (SSSR count). The van der Waals surface area contributed by atoms with Crippen molar-refractivity contribution >= 4 is 33.2 Å². The van der Waals surface area contributed by atoms with Crippen LogP contribution in [0.4, 0.5) is 0 Å². The van der Waals surface area contributed by atoms with Gasteiger partial charge in [-0.2, -0.15) is 4.31 Å². The van der Waals surface area contributed by atoms with Crippen molar-refractivity contribution in [2.24, 2.45) is 0 Å². The standard InChI is InChI=1S/C17H18N2O5S2/c1-12-6-7-15(25-12)26(23,24)19-10-8-18(9-11-19)16(20)13-4-2-3-5-14(13)17(21)22/h2-7H,8-11H2,1H3,(H,21,22). The summed E-state index contributed by atoms with van der Waals surface area (Å²) in [6.07, 6.45) is 0. The van der Waals surface area contributed by atoms with E-state index in [2.05, 4.69) is 0 Å². The van der Waals surface area contributed by atoms with Crippen LogP contribution in [-0.2, 0) is 10.0 Å². The number of aromatic carboxylic acids is 1. The molecule has 0 radical (unpaired) electrons. The van der Waals surface area contributed by atoms with E-state index in [0.717, 1.165) is 4.88 Å². The summed E-state index contributed by atoms with van der Waals surface area (Å²) in [6.45, 7) is 2.65. The molecule has 0 bridgehead atoms. The lowest BCUT2D eigenvalue weighted by Crippen LogP contribution is -2.50. The van der Waals surface area contributed by atoms with Crippen molar-refractivity contribution in [2.75, 3.05) is 26.2 Å². The van der Waals surface area contributed by atoms with Gasteiger partial charge in [0.15, 0.2) is 0 Å². The maximum Gasteiger partial charge on any atom is 0.336 e. The van der Waals surface area contributed by atoms with Crippen LogP contribution in [0, 0.1) is 6.92 Å². The van der Waals surface area contributed by atoms with Gasteiger partial charge in [0.05, 0.1) is 11.1 Å². The number of hydrogen-bond acceptors (Lipinski definition) is 5. The Hall–Kier alpha value is -2.23. The highest BCUT2D eigenvalue weighted by Crippen LogP contribution is 2.25. The highest BCUT2D eigenvalue weighted by atomic mass is 32.2. The molecule has 1 N–H and O–H groups in total. The highest BCUT2D eigenvalue weighted by molar-refractivity contribution is 7.91. The molecule has 26 heavy (non-hydrogen) atoms. The molecule has 138 valence electrons. The van der Waals surface area contributed by atoms with Crippen molar-refractivity contribution in [1.82, 2.24) is 9.21 Å². The van der Waals surface area contributed by atoms with Gasteiger partial charge in [-0.05, 0) is 31.2 Å². The minimum Gasteiger partial charge on any atom is -0.478 e. The van der Waals surface area contributed by atoms with Crippen LogP contribution < -0.4 is 0 Å². The van der Waals surface area contributed by atoms with E-state index in [-0.39, 0.29) is 37.3 Å². The van der Waals surface area contributed by atoms with Crippen LogP contribution in [-0.4, -0.2) is 60.8 Å². The Morgan fingerprint density at radius 2 is 1.62 bits per heavy atom. The number of nitrogens with zero attached hydrogens (tertiary/aromatic N) is 2. The van der Waals surface area contributed by atoms with Crippen molar-refractivity contribution in [2.45, 2.75) is 11.1 Å². The number of amides is 1. The van der Waals surface area contributed by atoms with Crippen molar-refractivity contribution in [1.29, 1.82) is 0 Å². The smallest absolute Gasteiger partial charge is 0.336 e. The van der Waals surface area contributed by atoms with Gasteiger partial charge in [-0.25, -0.2) is 13.2 Å². The fourth-order valence-corrected chi connectivity index (χ4v) is 5.70. The van der Waals surface area contributed by atoms with Crippen molar-refractivity contribution in [3.63, 3.8) is 0 Å². The number of sulfonamides is 1. The SMILES string of the molecule is Cc1ccc(S(=O)(=O)N2CCN(C(=O)c3ccccc3C(=O)O)CC2)s1. The van der Waals surface area contributed by atoms with E-state index in [1.165, 1.54) is 32.7 Å². The molecule has 2 heterocycles. The maximum atomic E-state index is 12.7. The summed E-state index contributed by atoms with van der Waals surface area (Å²) < 4.78 is 27.0. The average molecular weight is 394 g/mol. The van der Waals surface area contributed by atoms with Crippen LogP contribution in [0.5, 0.6) is 0 Å². The molecule has 9 heteroatoms. The number of aryl methyl sites for hydroxylation is 1. The molecule has 7 nitrogen and oxygen atoms in total. The Kier molecular flexibility index (Phi) is 5.12. The van der Waals surface area contributed by atoms with Crippen LogP contribution in [0.25, 0.3) is 0 Å². The summed E-state index contributed by atoms with van der Waals surface area (Å²) in [5.41, 5.74) is 0.0619. The number of thiophene rings is 1. The van der Waals surface area contributed by atoms with Gasteiger partial charge in [0, 0.05) is 31.1 Å². The van der Waals surface area contributed by atoms with Crippen molar-refractivity contribution in [3.8, 4) is 0 Å². The molecule has 1 saturated heterocycles. The third-order valence-electron chi connectivity index (χ3n) is 4.22. The molecule has 1 aromatic carbocycles. The number of carbonyl (C=O) groups excluding carboxylic acids is 1. The van der Waals surface area contributed by atoms with Gasteiger partial charge in [-0.1, -0.05) is 12.1 Å². The largest absolute Gasteiger partial charge is 0.478 e. The third-order valence-corrected chi connectivity index (χ3v) is 7.59. The van der Waals surface area contributed by atoms with Crippen LogP contribution in [0.3, 0.4) is 0 Å². The molecule has 0 aliphatic carbocycles. The predicted molar refractivity (Wildman–Crippen MR) is 97.1 cm³/mol. The lowest BCUT2D eigenvalue weighted by molar-refractivity contribution is 0.0656. The molecule has 0 spiro atoms. The zero-order valence-electron chi connectivity index (χ0n) is 14.1. The summed E-state index contributed by atoms with van der Waals surface area (Å²) in [5.74, 6) is -1.56. The van der Waals surface area contributed by atoms with Gasteiger partial charge >= 0.3 is 5.97 Å².